The van der Waals surface area contributed by atoms with Gasteiger partial charge in [0.25, 0.3) is 0 Å². The molecular weight excluding hydrogens is 236 g/mol. The minimum atomic E-state index is 0.167. The summed E-state index contributed by atoms with van der Waals surface area (Å²) in [6.45, 7) is 10.4. The first kappa shape index (κ1) is 13.7. The lowest BCUT2D eigenvalue weighted by Gasteiger charge is -2.15. The molecule has 19 heavy (non-hydrogen) atoms. The molecule has 0 spiro atoms. The Morgan fingerprint density at radius 1 is 1.16 bits per heavy atom. The van der Waals surface area contributed by atoms with Crippen LogP contribution in [0.2, 0.25) is 0 Å². The summed E-state index contributed by atoms with van der Waals surface area (Å²) in [4.78, 5) is 0. The lowest BCUT2D eigenvalue weighted by Crippen LogP contribution is -2.06. The zero-order valence-electron chi connectivity index (χ0n) is 12.3. The van der Waals surface area contributed by atoms with Crippen molar-refractivity contribution >= 4 is 0 Å². The zero-order valence-corrected chi connectivity index (χ0v) is 12.3. The molecule has 0 bridgehead atoms. The van der Waals surface area contributed by atoms with Gasteiger partial charge in [0.2, 0.25) is 0 Å². The van der Waals surface area contributed by atoms with E-state index in [2.05, 4.69) is 38.1 Å². The van der Waals surface area contributed by atoms with Crippen molar-refractivity contribution in [2.45, 2.75) is 46.8 Å². The van der Waals surface area contributed by atoms with Crippen molar-refractivity contribution in [3.8, 4) is 16.9 Å². The van der Waals surface area contributed by atoms with Crippen LogP contribution in [-0.4, -0.2) is 15.9 Å². The number of hydrogen-bond donors (Lipinski definition) is 0. The van der Waals surface area contributed by atoms with Gasteiger partial charge in [0.05, 0.1) is 12.3 Å². The molecule has 2 aromatic rings. The molecule has 2 rings (SSSR count). The summed E-state index contributed by atoms with van der Waals surface area (Å²) in [5.41, 5.74) is 3.46. The van der Waals surface area contributed by atoms with E-state index < -0.39 is 0 Å². The van der Waals surface area contributed by atoms with Crippen molar-refractivity contribution in [1.29, 1.82) is 0 Å². The highest BCUT2D eigenvalue weighted by molar-refractivity contribution is 5.72. The van der Waals surface area contributed by atoms with Crippen LogP contribution in [-0.2, 0) is 0 Å². The number of nitrogens with zero attached hydrogens (tertiary/aromatic N) is 2. The Kier molecular flexibility index (Phi) is 3.93. The quantitative estimate of drug-likeness (QED) is 0.820. The molecule has 0 aliphatic carbocycles. The molecule has 0 unspecified atom stereocenters. The van der Waals surface area contributed by atoms with Gasteiger partial charge in [0.15, 0.2) is 0 Å². The summed E-state index contributed by atoms with van der Waals surface area (Å²) >= 11 is 0. The van der Waals surface area contributed by atoms with Crippen LogP contribution in [0.25, 0.3) is 11.1 Å². The van der Waals surface area contributed by atoms with Crippen LogP contribution in [0.15, 0.2) is 30.6 Å². The molecule has 1 aromatic heterocycles. The van der Waals surface area contributed by atoms with Gasteiger partial charge in [0.1, 0.15) is 5.75 Å². The van der Waals surface area contributed by atoms with E-state index in [0.29, 0.717) is 6.04 Å². The van der Waals surface area contributed by atoms with Crippen LogP contribution >= 0.6 is 0 Å². The Bertz CT molecular complexity index is 556. The Labute approximate surface area is 115 Å². The second kappa shape index (κ2) is 5.47. The first-order valence-electron chi connectivity index (χ1n) is 6.80. The Morgan fingerprint density at radius 3 is 2.47 bits per heavy atom. The van der Waals surface area contributed by atoms with E-state index in [1.807, 2.05) is 36.9 Å². The van der Waals surface area contributed by atoms with Crippen LogP contribution in [0.1, 0.15) is 39.3 Å². The predicted octanol–water partition coefficient (Wildman–Crippen LogP) is 4.23. The molecule has 1 aromatic carbocycles. The molecule has 0 N–H and O–H groups in total. The van der Waals surface area contributed by atoms with Crippen LogP contribution in [0.5, 0.6) is 5.75 Å². The van der Waals surface area contributed by atoms with Crippen molar-refractivity contribution in [2.75, 3.05) is 0 Å². The van der Waals surface area contributed by atoms with Gasteiger partial charge in [-0.05, 0) is 46.2 Å². The number of hydrogen-bond acceptors (Lipinski definition) is 2. The molecule has 3 nitrogen and oxygen atoms in total. The van der Waals surface area contributed by atoms with E-state index in [0.717, 1.165) is 16.9 Å². The summed E-state index contributed by atoms with van der Waals surface area (Å²) < 4.78 is 7.89. The maximum Gasteiger partial charge on any atom is 0.127 e. The Balaban J connectivity index is 2.47. The number of benzene rings is 1. The Morgan fingerprint density at radius 2 is 1.89 bits per heavy atom. The summed E-state index contributed by atoms with van der Waals surface area (Å²) in [6.07, 6.45) is 4.16. The van der Waals surface area contributed by atoms with Crippen LogP contribution in [0, 0.1) is 6.92 Å². The fourth-order valence-electron chi connectivity index (χ4n) is 2.11. The van der Waals surface area contributed by atoms with E-state index in [4.69, 9.17) is 4.74 Å². The maximum atomic E-state index is 5.91. The van der Waals surface area contributed by atoms with Crippen LogP contribution in [0.4, 0.5) is 0 Å². The minimum Gasteiger partial charge on any atom is -0.490 e. The van der Waals surface area contributed by atoms with Crippen molar-refractivity contribution in [1.82, 2.24) is 9.78 Å². The number of aryl methyl sites for hydroxylation is 1. The van der Waals surface area contributed by atoms with E-state index in [9.17, 15) is 0 Å². The monoisotopic (exact) mass is 258 g/mol. The molecular formula is C16H22N2O. The Hall–Kier alpha value is -1.77. The molecule has 0 aliphatic heterocycles. The van der Waals surface area contributed by atoms with Gasteiger partial charge in [-0.1, -0.05) is 12.1 Å². The van der Waals surface area contributed by atoms with Gasteiger partial charge >= 0.3 is 0 Å². The summed E-state index contributed by atoms with van der Waals surface area (Å²) in [6, 6.07) is 6.53. The molecule has 0 fully saturated rings. The molecule has 102 valence electrons. The third kappa shape index (κ3) is 2.98. The minimum absolute atomic E-state index is 0.167. The van der Waals surface area contributed by atoms with E-state index in [1.54, 1.807) is 0 Å². The van der Waals surface area contributed by atoms with E-state index >= 15 is 0 Å². The summed E-state index contributed by atoms with van der Waals surface area (Å²) in [7, 11) is 0. The predicted molar refractivity (Wildman–Crippen MR) is 78.5 cm³/mol. The van der Waals surface area contributed by atoms with Gasteiger partial charge in [-0.25, -0.2) is 0 Å². The summed E-state index contributed by atoms with van der Waals surface area (Å²) in [5, 5.41) is 4.41. The number of aromatic nitrogens is 2. The molecule has 0 amide bonds. The van der Waals surface area contributed by atoms with Crippen molar-refractivity contribution in [3.63, 3.8) is 0 Å². The lowest BCUT2D eigenvalue weighted by atomic mass is 10.0. The largest absolute Gasteiger partial charge is 0.490 e. The van der Waals surface area contributed by atoms with Gasteiger partial charge in [0, 0.05) is 23.4 Å². The second-order valence-electron chi connectivity index (χ2n) is 5.42. The highest BCUT2D eigenvalue weighted by atomic mass is 16.5. The van der Waals surface area contributed by atoms with Crippen molar-refractivity contribution in [2.24, 2.45) is 0 Å². The van der Waals surface area contributed by atoms with Gasteiger partial charge in [-0.15, -0.1) is 0 Å². The first-order valence-corrected chi connectivity index (χ1v) is 6.80. The third-order valence-electron chi connectivity index (χ3n) is 3.02. The smallest absolute Gasteiger partial charge is 0.127 e. The maximum absolute atomic E-state index is 5.91. The molecule has 0 saturated carbocycles. The molecule has 0 aliphatic rings. The fourth-order valence-corrected chi connectivity index (χ4v) is 2.11. The van der Waals surface area contributed by atoms with Gasteiger partial charge < -0.3 is 4.74 Å². The normalized spacial score (nSPS) is 11.3. The highest BCUT2D eigenvalue weighted by Gasteiger charge is 2.13. The standard InChI is InChI=1S/C16H22N2O/c1-11(2)18-10-14(9-17-18)16-13(5)7-6-8-15(16)19-12(3)4/h6-12H,1-5H3. The second-order valence-corrected chi connectivity index (χ2v) is 5.42. The molecule has 3 heteroatoms. The first-order chi connectivity index (χ1) is 8.99. The zero-order chi connectivity index (χ0) is 14.0. The van der Waals surface area contributed by atoms with Gasteiger partial charge in [-0.2, -0.15) is 5.10 Å². The SMILES string of the molecule is Cc1cccc(OC(C)C)c1-c1cnn(C(C)C)c1. The van der Waals surface area contributed by atoms with E-state index in [-0.39, 0.29) is 6.10 Å². The number of ether oxygens (including phenoxy) is 1. The average Bonchev–Trinajstić information content (AvgIpc) is 2.77. The lowest BCUT2D eigenvalue weighted by molar-refractivity contribution is 0.243. The molecule has 1 heterocycles. The fraction of sp³-hybridized carbons (Fsp3) is 0.438. The van der Waals surface area contributed by atoms with Crippen LogP contribution < -0.4 is 4.74 Å². The highest BCUT2D eigenvalue weighted by Crippen LogP contribution is 2.33. The van der Waals surface area contributed by atoms with Crippen molar-refractivity contribution < 1.29 is 4.74 Å². The van der Waals surface area contributed by atoms with Crippen LogP contribution in [0.3, 0.4) is 0 Å². The van der Waals surface area contributed by atoms with Crippen molar-refractivity contribution in [3.05, 3.63) is 36.2 Å². The molecule has 0 saturated heterocycles. The third-order valence-corrected chi connectivity index (χ3v) is 3.02. The summed E-state index contributed by atoms with van der Waals surface area (Å²) in [5.74, 6) is 0.929. The molecule has 0 atom stereocenters. The average molecular weight is 258 g/mol. The van der Waals surface area contributed by atoms with Gasteiger partial charge in [-0.3, -0.25) is 4.68 Å². The topological polar surface area (TPSA) is 27.1 Å². The number of rotatable bonds is 4. The van der Waals surface area contributed by atoms with E-state index in [1.165, 1.54) is 5.56 Å². The molecule has 0 radical (unpaired) electrons.